The second-order valence-corrected chi connectivity index (χ2v) is 8.80. The minimum Gasteiger partial charge on any atom is -0.353 e. The number of hydrogen-bond acceptors (Lipinski definition) is 5. The molecule has 1 saturated carbocycles. The molecule has 0 bridgehead atoms. The Morgan fingerprint density at radius 2 is 1.69 bits per heavy atom. The molecule has 1 heterocycles. The molecule has 36 heavy (non-hydrogen) atoms. The van der Waals surface area contributed by atoms with Crippen LogP contribution in [0, 0.1) is 17.5 Å². The van der Waals surface area contributed by atoms with Crippen molar-refractivity contribution in [2.75, 3.05) is 5.32 Å². The van der Waals surface area contributed by atoms with E-state index in [0.717, 1.165) is 37.8 Å². The van der Waals surface area contributed by atoms with Crippen molar-refractivity contribution in [3.63, 3.8) is 0 Å². The molecule has 0 saturated heterocycles. The lowest BCUT2D eigenvalue weighted by Gasteiger charge is -2.30. The predicted octanol–water partition coefficient (Wildman–Crippen LogP) is 4.85. The number of anilines is 1. The van der Waals surface area contributed by atoms with Gasteiger partial charge < -0.3 is 10.6 Å². The second kappa shape index (κ2) is 11.9. The summed E-state index contributed by atoms with van der Waals surface area (Å²) < 4.78 is 40.3. The van der Waals surface area contributed by atoms with E-state index in [1.54, 1.807) is 18.5 Å². The van der Waals surface area contributed by atoms with Crippen molar-refractivity contribution < 1.29 is 18.0 Å². The number of guanidine groups is 1. The van der Waals surface area contributed by atoms with E-state index in [4.69, 9.17) is 11.6 Å². The normalized spacial score (nSPS) is 17.9. The van der Waals surface area contributed by atoms with Gasteiger partial charge in [0.2, 0.25) is 5.95 Å². The summed E-state index contributed by atoms with van der Waals surface area (Å²) in [5.74, 6) is -2.55. The maximum absolute atomic E-state index is 13.6. The number of amides is 1. The van der Waals surface area contributed by atoms with Gasteiger partial charge in [-0.15, -0.1) is 0 Å². The molecule has 2 aromatic carbocycles. The van der Waals surface area contributed by atoms with Gasteiger partial charge in [-0.05, 0) is 67.6 Å². The minimum atomic E-state index is -1.12. The lowest BCUT2D eigenvalue weighted by Crippen LogP contribution is -2.48. The first-order chi connectivity index (χ1) is 17.4. The van der Waals surface area contributed by atoms with Crippen LogP contribution >= 0.6 is 11.6 Å². The van der Waals surface area contributed by atoms with E-state index in [2.05, 4.69) is 30.9 Å². The van der Waals surface area contributed by atoms with E-state index in [-0.39, 0.29) is 35.2 Å². The molecule has 188 valence electrons. The number of benzene rings is 2. The Bertz CT molecular complexity index is 1240. The average molecular weight is 517 g/mol. The number of aromatic nitrogens is 2. The Labute approximate surface area is 211 Å². The van der Waals surface area contributed by atoms with Crippen LogP contribution in [0.15, 0.2) is 59.9 Å². The van der Waals surface area contributed by atoms with Crippen molar-refractivity contribution in [1.29, 1.82) is 0 Å². The fourth-order valence-corrected chi connectivity index (χ4v) is 4.11. The smallest absolute Gasteiger partial charge is 0.258 e. The molecule has 11 heteroatoms. The van der Waals surface area contributed by atoms with Crippen molar-refractivity contribution in [3.8, 4) is 0 Å². The molecule has 3 N–H and O–H groups in total. The van der Waals surface area contributed by atoms with Crippen LogP contribution in [0.1, 0.15) is 41.6 Å². The van der Waals surface area contributed by atoms with Crippen LogP contribution in [-0.2, 0) is 6.54 Å². The summed E-state index contributed by atoms with van der Waals surface area (Å²) in [4.78, 5) is 25.5. The molecular weight excluding hydrogens is 493 g/mol. The Hall–Kier alpha value is -3.66. The topological polar surface area (TPSA) is 91.3 Å². The molecule has 1 aliphatic rings. The zero-order chi connectivity index (χ0) is 25.5. The fourth-order valence-electron chi connectivity index (χ4n) is 3.88. The van der Waals surface area contributed by atoms with Gasteiger partial charge in [0, 0.05) is 35.1 Å². The molecule has 0 unspecified atom stereocenters. The number of rotatable bonds is 6. The number of hydrogen-bond donors (Lipinski definition) is 3. The van der Waals surface area contributed by atoms with Gasteiger partial charge in [0.1, 0.15) is 5.82 Å². The average Bonchev–Trinajstić information content (AvgIpc) is 2.87. The molecule has 1 aromatic heterocycles. The van der Waals surface area contributed by atoms with Crippen LogP contribution in [0.2, 0.25) is 5.02 Å². The Morgan fingerprint density at radius 3 is 2.39 bits per heavy atom. The number of aliphatic imine (C=N–C) groups is 1. The highest BCUT2D eigenvalue weighted by Gasteiger charge is 2.23. The van der Waals surface area contributed by atoms with Gasteiger partial charge in [-0.25, -0.2) is 28.1 Å². The Balaban J connectivity index is 1.43. The van der Waals surface area contributed by atoms with Crippen LogP contribution in [0.5, 0.6) is 0 Å². The highest BCUT2D eigenvalue weighted by Crippen LogP contribution is 2.22. The van der Waals surface area contributed by atoms with Crippen molar-refractivity contribution in [2.24, 2.45) is 4.99 Å². The summed E-state index contributed by atoms with van der Waals surface area (Å²) in [6.45, 7) is 0.0712. The number of carbonyl (C=O) groups excluding carboxylic acids is 1. The maximum atomic E-state index is 13.6. The molecular formula is C25H24ClF3N6O. The Kier molecular flexibility index (Phi) is 8.37. The summed E-state index contributed by atoms with van der Waals surface area (Å²) >= 11 is 6.11. The van der Waals surface area contributed by atoms with Crippen molar-refractivity contribution >= 4 is 29.4 Å². The van der Waals surface area contributed by atoms with Crippen LogP contribution in [0.4, 0.5) is 19.1 Å². The van der Waals surface area contributed by atoms with Gasteiger partial charge in [0.05, 0.1) is 6.54 Å². The molecule has 0 aliphatic heterocycles. The van der Waals surface area contributed by atoms with E-state index in [1.807, 2.05) is 0 Å². The second-order valence-electron chi connectivity index (χ2n) is 8.39. The molecule has 1 amide bonds. The molecule has 4 rings (SSSR count). The zero-order valence-electron chi connectivity index (χ0n) is 19.1. The van der Waals surface area contributed by atoms with Gasteiger partial charge in [-0.1, -0.05) is 17.7 Å². The molecule has 0 spiro atoms. The van der Waals surface area contributed by atoms with Crippen molar-refractivity contribution in [3.05, 3.63) is 88.5 Å². The minimum absolute atomic E-state index is 0.00688. The largest absolute Gasteiger partial charge is 0.353 e. The van der Waals surface area contributed by atoms with Crippen LogP contribution < -0.4 is 16.0 Å². The lowest BCUT2D eigenvalue weighted by molar-refractivity contribution is 0.0974. The van der Waals surface area contributed by atoms with Gasteiger partial charge in [0.25, 0.3) is 5.91 Å². The van der Waals surface area contributed by atoms with E-state index < -0.39 is 23.4 Å². The van der Waals surface area contributed by atoms with Crippen molar-refractivity contribution in [2.45, 2.75) is 44.3 Å². The Morgan fingerprint density at radius 1 is 0.972 bits per heavy atom. The molecule has 0 atom stereocenters. The zero-order valence-corrected chi connectivity index (χ0v) is 19.9. The first-order valence-corrected chi connectivity index (χ1v) is 11.8. The van der Waals surface area contributed by atoms with E-state index in [1.165, 1.54) is 24.3 Å². The number of carbonyl (C=O) groups is 1. The third-order valence-electron chi connectivity index (χ3n) is 5.80. The monoisotopic (exact) mass is 516 g/mol. The van der Waals surface area contributed by atoms with Gasteiger partial charge in [-0.3, -0.25) is 10.1 Å². The summed E-state index contributed by atoms with van der Waals surface area (Å²) in [6.07, 6.45) is 6.58. The third kappa shape index (κ3) is 6.94. The van der Waals surface area contributed by atoms with Crippen LogP contribution in [0.25, 0.3) is 0 Å². The van der Waals surface area contributed by atoms with Gasteiger partial charge in [-0.2, -0.15) is 0 Å². The van der Waals surface area contributed by atoms with Crippen LogP contribution in [-0.4, -0.2) is 33.9 Å². The highest BCUT2D eigenvalue weighted by molar-refractivity contribution is 6.31. The first kappa shape index (κ1) is 25.4. The predicted molar refractivity (Wildman–Crippen MR) is 131 cm³/mol. The first-order valence-electron chi connectivity index (χ1n) is 11.4. The fraction of sp³-hybridized carbons (Fsp3) is 0.280. The SMILES string of the molecule is O=C(NC(=NCc1ccc(F)cc1Cl)NC1CCC(Nc2ncccn2)CC1)c1ccc(F)c(F)c1. The van der Waals surface area contributed by atoms with E-state index in [0.29, 0.717) is 11.5 Å². The van der Waals surface area contributed by atoms with E-state index >= 15 is 0 Å². The summed E-state index contributed by atoms with van der Waals surface area (Å²) in [7, 11) is 0. The van der Waals surface area contributed by atoms with Gasteiger partial charge >= 0.3 is 0 Å². The quantitative estimate of drug-likeness (QED) is 0.322. The number of halogens is 4. The molecule has 1 fully saturated rings. The molecule has 3 aromatic rings. The molecule has 1 aliphatic carbocycles. The third-order valence-corrected chi connectivity index (χ3v) is 6.16. The molecule has 7 nitrogen and oxygen atoms in total. The number of nitrogens with one attached hydrogen (secondary N) is 3. The molecule has 0 radical (unpaired) electrons. The summed E-state index contributed by atoms with van der Waals surface area (Å²) in [6, 6.07) is 8.83. The standard InChI is InChI=1S/C25H24ClF3N6O/c26-20-13-17(27)4-2-16(20)14-32-25(35-23(36)15-3-9-21(28)22(29)12-15)34-19-7-5-18(6-8-19)33-24-30-10-1-11-31-24/h1-4,9-13,18-19H,5-8,14H2,(H,30,31,33)(H2,32,34,35,36). The van der Waals surface area contributed by atoms with E-state index in [9.17, 15) is 18.0 Å². The number of nitrogens with zero attached hydrogens (tertiary/aromatic N) is 3. The van der Waals surface area contributed by atoms with Crippen molar-refractivity contribution in [1.82, 2.24) is 20.6 Å². The maximum Gasteiger partial charge on any atom is 0.258 e. The summed E-state index contributed by atoms with van der Waals surface area (Å²) in [5, 5.41) is 9.40. The lowest BCUT2D eigenvalue weighted by atomic mass is 9.91. The highest BCUT2D eigenvalue weighted by atomic mass is 35.5. The van der Waals surface area contributed by atoms with Crippen LogP contribution in [0.3, 0.4) is 0 Å². The van der Waals surface area contributed by atoms with Gasteiger partial charge in [0.15, 0.2) is 17.6 Å². The summed E-state index contributed by atoms with van der Waals surface area (Å²) in [5.41, 5.74) is 0.509.